The molecule has 162 valence electrons. The SMILES string of the molecule is CS(=O)(=O)c1ccc([C@@H](O)[C@@H](CO)NC(=O)C(Cl)Cl)cc1.O=S([O-])c1nccs1. The molecule has 0 radical (unpaired) electrons. The lowest BCUT2D eigenvalue weighted by Gasteiger charge is -2.23. The van der Waals surface area contributed by atoms with Crippen molar-refractivity contribution in [1.82, 2.24) is 10.3 Å². The van der Waals surface area contributed by atoms with E-state index in [4.69, 9.17) is 23.2 Å². The van der Waals surface area contributed by atoms with Crippen molar-refractivity contribution in [1.29, 1.82) is 0 Å². The van der Waals surface area contributed by atoms with Gasteiger partial charge in [0.1, 0.15) is 6.10 Å². The van der Waals surface area contributed by atoms with Gasteiger partial charge in [-0.15, -0.1) is 11.3 Å². The lowest BCUT2D eigenvalue weighted by molar-refractivity contribution is -0.121. The summed E-state index contributed by atoms with van der Waals surface area (Å²) in [6.07, 6.45) is 1.28. The summed E-state index contributed by atoms with van der Waals surface area (Å²) in [5.41, 5.74) is 0.336. The Bertz CT molecular complexity index is 907. The molecule has 29 heavy (non-hydrogen) atoms. The standard InChI is InChI=1S/C12H15Cl2NO5S.C3H3NO2S2/c1-21(19,20)8-4-2-7(3-5-8)10(17)9(6-16)15-12(18)11(13)14;5-8(6)3-4-1-2-7-3/h2-5,9-11,16-17H,6H2,1H3,(H,15,18);1-2H,(H,5,6)/p-1/t9-,10-;/m1./s1. The predicted molar refractivity (Wildman–Crippen MR) is 108 cm³/mol. The van der Waals surface area contributed by atoms with E-state index in [1.165, 1.54) is 30.5 Å². The van der Waals surface area contributed by atoms with Crippen LogP contribution in [0.25, 0.3) is 0 Å². The normalized spacial score (nSPS) is 14.4. The van der Waals surface area contributed by atoms with Crippen LogP contribution in [0.3, 0.4) is 0 Å². The molecule has 1 aromatic carbocycles. The molecule has 0 bridgehead atoms. The Morgan fingerprint density at radius 3 is 2.28 bits per heavy atom. The molecule has 1 unspecified atom stereocenters. The Morgan fingerprint density at radius 1 is 1.34 bits per heavy atom. The first-order valence-electron chi connectivity index (χ1n) is 7.63. The average Bonchev–Trinajstić information content (AvgIpc) is 3.20. The summed E-state index contributed by atoms with van der Waals surface area (Å²) >= 11 is 9.72. The van der Waals surface area contributed by atoms with E-state index in [9.17, 15) is 32.2 Å². The van der Waals surface area contributed by atoms with Gasteiger partial charge in [0.05, 0.1) is 17.5 Å². The fourth-order valence-corrected chi connectivity index (χ4v) is 3.65. The quantitative estimate of drug-likeness (QED) is 0.369. The smallest absolute Gasteiger partial charge is 0.253 e. The number of carbonyl (C=O) groups excluding carboxylic acids is 1. The molecule has 1 aromatic heterocycles. The Labute approximate surface area is 183 Å². The Hall–Kier alpha value is -1.12. The summed E-state index contributed by atoms with van der Waals surface area (Å²) in [6.45, 7) is -0.540. The van der Waals surface area contributed by atoms with Crippen LogP contribution in [0.1, 0.15) is 11.7 Å². The monoisotopic (exact) mass is 503 g/mol. The fourth-order valence-electron chi connectivity index (χ4n) is 1.91. The molecule has 0 saturated heterocycles. The van der Waals surface area contributed by atoms with Crippen molar-refractivity contribution >= 4 is 61.4 Å². The molecule has 2 aromatic rings. The predicted octanol–water partition coefficient (Wildman–Crippen LogP) is 0.785. The molecule has 9 nitrogen and oxygen atoms in total. The number of aliphatic hydroxyl groups is 2. The summed E-state index contributed by atoms with van der Waals surface area (Å²) in [6, 6.07) is 4.44. The van der Waals surface area contributed by atoms with Crippen LogP contribution in [0.2, 0.25) is 0 Å². The van der Waals surface area contributed by atoms with E-state index in [1.807, 2.05) is 0 Å². The minimum absolute atomic E-state index is 0.101. The Kier molecular flexibility index (Phi) is 10.6. The maximum absolute atomic E-state index is 11.4. The number of alkyl halides is 2. The van der Waals surface area contributed by atoms with Crippen molar-refractivity contribution in [2.24, 2.45) is 0 Å². The lowest BCUT2D eigenvalue weighted by Crippen LogP contribution is -2.44. The number of rotatable bonds is 7. The topological polar surface area (TPSA) is 157 Å². The molecule has 1 amide bonds. The number of sulfone groups is 1. The van der Waals surface area contributed by atoms with E-state index in [-0.39, 0.29) is 9.24 Å². The number of benzene rings is 1. The number of nitrogens with zero attached hydrogens (tertiary/aromatic N) is 1. The highest BCUT2D eigenvalue weighted by Crippen LogP contribution is 2.20. The fraction of sp³-hybridized carbons (Fsp3) is 0.333. The van der Waals surface area contributed by atoms with Crippen molar-refractivity contribution in [2.75, 3.05) is 12.9 Å². The zero-order valence-electron chi connectivity index (χ0n) is 14.8. The van der Waals surface area contributed by atoms with Crippen LogP contribution in [0.5, 0.6) is 0 Å². The van der Waals surface area contributed by atoms with Gasteiger partial charge in [-0.25, -0.2) is 13.4 Å². The summed E-state index contributed by atoms with van der Waals surface area (Å²) in [4.78, 5) is 13.7. The molecule has 14 heteroatoms. The molecular weight excluding hydrogens is 487 g/mol. The lowest BCUT2D eigenvalue weighted by atomic mass is 10.0. The van der Waals surface area contributed by atoms with E-state index in [2.05, 4.69) is 10.3 Å². The minimum atomic E-state index is -3.34. The molecule has 2 rings (SSSR count). The van der Waals surface area contributed by atoms with Gasteiger partial charge in [0.15, 0.2) is 19.0 Å². The van der Waals surface area contributed by atoms with E-state index in [0.29, 0.717) is 5.56 Å². The summed E-state index contributed by atoms with van der Waals surface area (Å²) < 4.78 is 42.8. The number of halogens is 2. The van der Waals surface area contributed by atoms with Gasteiger partial charge in [-0.3, -0.25) is 9.00 Å². The number of carbonyl (C=O) groups is 1. The van der Waals surface area contributed by atoms with E-state index in [0.717, 1.165) is 17.6 Å². The minimum Gasteiger partial charge on any atom is -0.767 e. The Balaban J connectivity index is 0.000000436. The zero-order valence-corrected chi connectivity index (χ0v) is 18.7. The van der Waals surface area contributed by atoms with Gasteiger partial charge < -0.3 is 20.1 Å². The molecule has 0 aliphatic rings. The van der Waals surface area contributed by atoms with Crippen molar-refractivity contribution in [3.05, 3.63) is 41.4 Å². The highest BCUT2D eigenvalue weighted by Gasteiger charge is 2.24. The first-order valence-corrected chi connectivity index (χ1v) is 12.4. The van der Waals surface area contributed by atoms with Crippen LogP contribution in [0.4, 0.5) is 0 Å². The van der Waals surface area contributed by atoms with Crippen LogP contribution >= 0.6 is 34.5 Å². The van der Waals surface area contributed by atoms with Crippen molar-refractivity contribution < 1.29 is 32.2 Å². The van der Waals surface area contributed by atoms with Crippen molar-refractivity contribution in [2.45, 2.75) is 26.2 Å². The molecule has 0 aliphatic heterocycles. The average molecular weight is 504 g/mol. The first-order chi connectivity index (χ1) is 13.5. The Morgan fingerprint density at radius 2 is 1.93 bits per heavy atom. The molecule has 3 N–H and O–H groups in total. The first kappa shape index (κ1) is 25.9. The van der Waals surface area contributed by atoms with Crippen LogP contribution in [0.15, 0.2) is 45.1 Å². The summed E-state index contributed by atoms with van der Waals surface area (Å²) in [5.74, 6) is -0.746. The largest absolute Gasteiger partial charge is 0.767 e. The number of hydrogen-bond donors (Lipinski definition) is 3. The molecule has 1 heterocycles. The van der Waals surface area contributed by atoms with E-state index in [1.54, 1.807) is 5.38 Å². The van der Waals surface area contributed by atoms with Gasteiger partial charge in [-0.1, -0.05) is 35.3 Å². The number of nitrogens with one attached hydrogen (secondary N) is 1. The number of aromatic nitrogens is 1. The maximum atomic E-state index is 11.4. The van der Waals surface area contributed by atoms with Gasteiger partial charge in [-0.05, 0) is 17.7 Å². The molecule has 0 saturated carbocycles. The number of aliphatic hydroxyl groups excluding tert-OH is 2. The molecule has 3 atom stereocenters. The zero-order chi connectivity index (χ0) is 22.2. The van der Waals surface area contributed by atoms with Crippen LogP contribution < -0.4 is 5.32 Å². The van der Waals surface area contributed by atoms with E-state index < -0.39 is 50.4 Å². The van der Waals surface area contributed by atoms with Crippen LogP contribution in [0, 0.1) is 0 Å². The number of thiazole rings is 1. The maximum Gasteiger partial charge on any atom is 0.253 e. The van der Waals surface area contributed by atoms with Gasteiger partial charge in [0, 0.05) is 28.9 Å². The van der Waals surface area contributed by atoms with Gasteiger partial charge in [0.25, 0.3) is 5.91 Å². The molecule has 0 fully saturated rings. The molecular formula is C15H17Cl2N2O7S3-. The van der Waals surface area contributed by atoms with Gasteiger partial charge >= 0.3 is 0 Å². The second-order valence-electron chi connectivity index (χ2n) is 5.42. The second-order valence-corrected chi connectivity index (χ2v) is 10.5. The molecule has 0 aliphatic carbocycles. The highest BCUT2D eigenvalue weighted by atomic mass is 35.5. The van der Waals surface area contributed by atoms with Crippen LogP contribution in [-0.4, -0.2) is 62.0 Å². The van der Waals surface area contributed by atoms with Crippen molar-refractivity contribution in [3.8, 4) is 0 Å². The van der Waals surface area contributed by atoms with E-state index >= 15 is 0 Å². The number of hydrogen-bond acceptors (Lipinski definition) is 9. The summed E-state index contributed by atoms with van der Waals surface area (Å²) in [7, 11) is -3.34. The summed E-state index contributed by atoms with van der Waals surface area (Å²) in [5, 5.41) is 23.2. The van der Waals surface area contributed by atoms with Crippen molar-refractivity contribution in [3.63, 3.8) is 0 Å². The third kappa shape index (κ3) is 8.64. The molecule has 0 spiro atoms. The second kappa shape index (κ2) is 11.9. The van der Waals surface area contributed by atoms with Gasteiger partial charge in [-0.2, -0.15) is 0 Å². The third-order valence-corrected chi connectivity index (χ3v) is 6.48. The van der Waals surface area contributed by atoms with Crippen LogP contribution in [-0.2, 0) is 25.7 Å². The van der Waals surface area contributed by atoms with Gasteiger partial charge in [0.2, 0.25) is 0 Å². The highest BCUT2D eigenvalue weighted by molar-refractivity contribution is 7.90. The third-order valence-electron chi connectivity index (χ3n) is 3.31. The number of amides is 1.